The number of hydrogen-bond acceptors (Lipinski definition) is 2. The summed E-state index contributed by atoms with van der Waals surface area (Å²) in [6.45, 7) is 1.84. The lowest BCUT2D eigenvalue weighted by molar-refractivity contribution is -0.114. The zero-order chi connectivity index (χ0) is 13.3. The summed E-state index contributed by atoms with van der Waals surface area (Å²) in [5.41, 5.74) is 0.0187. The number of anilines is 1. The molecule has 1 aliphatic heterocycles. The van der Waals surface area contributed by atoms with Gasteiger partial charge in [-0.1, -0.05) is 0 Å². The van der Waals surface area contributed by atoms with Gasteiger partial charge in [0.05, 0.1) is 11.3 Å². The number of benzene rings is 1. The average Bonchev–Trinajstić information content (AvgIpc) is 2.56. The van der Waals surface area contributed by atoms with Crippen molar-refractivity contribution in [2.75, 3.05) is 11.4 Å². The van der Waals surface area contributed by atoms with Crippen LogP contribution in [-0.4, -0.2) is 18.2 Å². The molecule has 0 saturated carbocycles. The summed E-state index contributed by atoms with van der Waals surface area (Å²) in [7, 11) is 0. The highest BCUT2D eigenvalue weighted by Gasteiger charge is 2.36. The summed E-state index contributed by atoms with van der Waals surface area (Å²) in [6, 6.07) is 1.63. The van der Waals surface area contributed by atoms with Crippen molar-refractivity contribution in [3.05, 3.63) is 29.3 Å². The quantitative estimate of drug-likeness (QED) is 0.593. The molecule has 18 heavy (non-hydrogen) atoms. The fraction of sp³-hybridized carbons (Fsp3) is 0.231. The number of fused-ring (bicyclic) bond motifs is 1. The number of halogens is 2. The van der Waals surface area contributed by atoms with Crippen LogP contribution in [0.4, 0.5) is 14.5 Å². The third kappa shape index (κ3) is 1.86. The molecule has 0 saturated heterocycles. The number of carbonyl (C=O) groups is 2. The standard InChI is InChI=1S/C13H9F2NO2/c1-2-3-4-5-16-11-7-10(15)9(14)6-8(11)12(17)13(16)18/h6-7H,4-5H2,1H3. The first-order valence-electron chi connectivity index (χ1n) is 5.31. The molecule has 1 aliphatic rings. The van der Waals surface area contributed by atoms with E-state index in [4.69, 9.17) is 0 Å². The minimum atomic E-state index is -1.13. The topological polar surface area (TPSA) is 37.4 Å². The Balaban J connectivity index is 2.40. The van der Waals surface area contributed by atoms with Crippen molar-refractivity contribution in [2.24, 2.45) is 0 Å². The van der Waals surface area contributed by atoms with Crippen molar-refractivity contribution < 1.29 is 18.4 Å². The molecule has 0 fully saturated rings. The first-order valence-corrected chi connectivity index (χ1v) is 5.31. The van der Waals surface area contributed by atoms with E-state index in [1.54, 1.807) is 6.92 Å². The zero-order valence-electron chi connectivity index (χ0n) is 9.59. The van der Waals surface area contributed by atoms with Crippen molar-refractivity contribution in [2.45, 2.75) is 13.3 Å². The molecule has 0 unspecified atom stereocenters. The molecule has 0 atom stereocenters. The van der Waals surface area contributed by atoms with E-state index < -0.39 is 23.3 Å². The number of carbonyl (C=O) groups excluding carboxylic acids is 2. The van der Waals surface area contributed by atoms with Crippen LogP contribution in [0.5, 0.6) is 0 Å². The van der Waals surface area contributed by atoms with E-state index in [2.05, 4.69) is 11.8 Å². The zero-order valence-corrected chi connectivity index (χ0v) is 9.59. The first kappa shape index (κ1) is 12.2. The van der Waals surface area contributed by atoms with Crippen molar-refractivity contribution in [1.82, 2.24) is 0 Å². The number of amides is 1. The molecule has 3 nitrogen and oxygen atoms in total. The lowest BCUT2D eigenvalue weighted by Gasteiger charge is -2.14. The maximum Gasteiger partial charge on any atom is 0.299 e. The Bertz CT molecular complexity index is 599. The van der Waals surface area contributed by atoms with Crippen LogP contribution < -0.4 is 4.90 Å². The molecule has 5 heteroatoms. The highest BCUT2D eigenvalue weighted by molar-refractivity contribution is 6.52. The predicted octanol–water partition coefficient (Wildman–Crippen LogP) is 1.91. The van der Waals surface area contributed by atoms with Crippen molar-refractivity contribution in [3.63, 3.8) is 0 Å². The molecule has 1 aromatic rings. The van der Waals surface area contributed by atoms with Crippen LogP contribution in [0.15, 0.2) is 12.1 Å². The van der Waals surface area contributed by atoms with E-state index >= 15 is 0 Å². The van der Waals surface area contributed by atoms with Gasteiger partial charge < -0.3 is 4.90 Å². The summed E-state index contributed by atoms with van der Waals surface area (Å²) < 4.78 is 26.2. The molecule has 2 rings (SSSR count). The van der Waals surface area contributed by atoms with Gasteiger partial charge in [-0.15, -0.1) is 11.8 Å². The van der Waals surface area contributed by atoms with E-state index in [9.17, 15) is 18.4 Å². The second kappa shape index (κ2) is 4.57. The number of Topliss-reactive ketones (excluding diaryl/α,β-unsaturated/α-hetero) is 1. The van der Waals surface area contributed by atoms with Gasteiger partial charge >= 0.3 is 0 Å². The lowest BCUT2D eigenvalue weighted by Crippen LogP contribution is -2.30. The maximum atomic E-state index is 13.1. The van der Waals surface area contributed by atoms with Crippen molar-refractivity contribution >= 4 is 17.4 Å². The summed E-state index contributed by atoms with van der Waals surface area (Å²) >= 11 is 0. The van der Waals surface area contributed by atoms with Crippen LogP contribution in [-0.2, 0) is 4.79 Å². The van der Waals surface area contributed by atoms with Crippen molar-refractivity contribution in [3.8, 4) is 11.8 Å². The molecule has 0 bridgehead atoms. The van der Waals surface area contributed by atoms with Gasteiger partial charge in [-0.3, -0.25) is 9.59 Å². The van der Waals surface area contributed by atoms with Gasteiger partial charge in [-0.25, -0.2) is 8.78 Å². The summed E-state index contributed by atoms with van der Waals surface area (Å²) in [6.07, 6.45) is 0.369. The fourth-order valence-electron chi connectivity index (χ4n) is 1.80. The minimum absolute atomic E-state index is 0.0941. The van der Waals surface area contributed by atoms with E-state index in [1.807, 2.05) is 0 Å². The summed E-state index contributed by atoms with van der Waals surface area (Å²) in [4.78, 5) is 24.4. The molecule has 0 N–H and O–H groups in total. The van der Waals surface area contributed by atoms with Gasteiger partial charge in [0, 0.05) is 19.0 Å². The van der Waals surface area contributed by atoms with Gasteiger partial charge in [0.25, 0.3) is 11.7 Å². The molecule has 0 aliphatic carbocycles. The molecular weight excluding hydrogens is 240 g/mol. The molecule has 0 radical (unpaired) electrons. The Kier molecular flexibility index (Phi) is 3.11. The van der Waals surface area contributed by atoms with Crippen LogP contribution in [0.1, 0.15) is 23.7 Å². The van der Waals surface area contributed by atoms with Gasteiger partial charge in [0.2, 0.25) is 0 Å². The summed E-state index contributed by atoms with van der Waals surface area (Å²) in [5.74, 6) is 1.60. The smallest absolute Gasteiger partial charge is 0.299 e. The average molecular weight is 249 g/mol. The molecule has 1 aromatic carbocycles. The molecule has 1 amide bonds. The van der Waals surface area contributed by atoms with Crippen LogP contribution in [0.3, 0.4) is 0 Å². The van der Waals surface area contributed by atoms with E-state index in [0.717, 1.165) is 17.0 Å². The predicted molar refractivity (Wildman–Crippen MR) is 61.1 cm³/mol. The van der Waals surface area contributed by atoms with Crippen LogP contribution >= 0.6 is 0 Å². The van der Waals surface area contributed by atoms with E-state index in [-0.39, 0.29) is 17.8 Å². The monoisotopic (exact) mass is 249 g/mol. The lowest BCUT2D eigenvalue weighted by atomic mass is 10.1. The van der Waals surface area contributed by atoms with E-state index in [0.29, 0.717) is 6.42 Å². The largest absolute Gasteiger partial charge is 0.304 e. The molecule has 92 valence electrons. The second-order valence-electron chi connectivity index (χ2n) is 3.75. The second-order valence-corrected chi connectivity index (χ2v) is 3.75. The highest BCUT2D eigenvalue weighted by Crippen LogP contribution is 2.30. The third-order valence-electron chi connectivity index (χ3n) is 2.65. The normalized spacial score (nSPS) is 13.4. The number of hydrogen-bond donors (Lipinski definition) is 0. The number of rotatable bonds is 2. The SMILES string of the molecule is CC#CCCN1C(=O)C(=O)c2cc(F)c(F)cc21. The van der Waals surface area contributed by atoms with E-state index in [1.165, 1.54) is 0 Å². The Hall–Kier alpha value is -2.22. The maximum absolute atomic E-state index is 13.1. The first-order chi connectivity index (χ1) is 8.56. The third-order valence-corrected chi connectivity index (χ3v) is 2.65. The van der Waals surface area contributed by atoms with Gasteiger partial charge in [-0.05, 0) is 13.0 Å². The molecule has 0 aromatic heterocycles. The molecular formula is C13H9F2NO2. The van der Waals surface area contributed by atoms with Crippen LogP contribution in [0, 0.1) is 23.5 Å². The Morgan fingerprint density at radius 1 is 1.22 bits per heavy atom. The Morgan fingerprint density at radius 2 is 1.89 bits per heavy atom. The van der Waals surface area contributed by atoms with Crippen molar-refractivity contribution in [1.29, 1.82) is 0 Å². The highest BCUT2D eigenvalue weighted by atomic mass is 19.2. The van der Waals surface area contributed by atoms with Gasteiger partial charge in [-0.2, -0.15) is 0 Å². The van der Waals surface area contributed by atoms with Crippen LogP contribution in [0.25, 0.3) is 0 Å². The molecule has 0 spiro atoms. The Morgan fingerprint density at radius 3 is 2.56 bits per heavy atom. The van der Waals surface area contributed by atoms with Gasteiger partial charge in [0.1, 0.15) is 0 Å². The summed E-state index contributed by atoms with van der Waals surface area (Å²) in [5, 5.41) is 0. The van der Waals surface area contributed by atoms with Gasteiger partial charge in [0.15, 0.2) is 11.6 Å². The Labute approximate surface area is 102 Å². The number of ketones is 1. The fourth-order valence-corrected chi connectivity index (χ4v) is 1.80. The number of nitrogens with zero attached hydrogens (tertiary/aromatic N) is 1. The minimum Gasteiger partial charge on any atom is -0.304 e. The van der Waals surface area contributed by atoms with Crippen LogP contribution in [0.2, 0.25) is 0 Å². The molecule has 1 heterocycles.